The molecule has 1 aliphatic rings. The van der Waals surface area contributed by atoms with Crippen LogP contribution in [0, 0.1) is 11.8 Å². The topological polar surface area (TPSA) is 46.2 Å². The first-order valence-electron chi connectivity index (χ1n) is 5.01. The smallest absolute Gasteiger partial charge is 0.0687 e. The molecule has 0 bridgehead atoms. The van der Waals surface area contributed by atoms with Gasteiger partial charge in [0, 0.05) is 0 Å². The van der Waals surface area contributed by atoms with Crippen LogP contribution in [0.15, 0.2) is 0 Å². The minimum Gasteiger partial charge on any atom is -0.390 e. The molecule has 3 atom stereocenters. The Hall–Kier alpha value is -0.0800. The van der Waals surface area contributed by atoms with E-state index in [0.29, 0.717) is 12.5 Å². The number of hydrogen-bond donors (Lipinski definition) is 2. The zero-order valence-electron chi connectivity index (χ0n) is 8.21. The zero-order chi connectivity index (χ0) is 9.19. The first kappa shape index (κ1) is 10.0. The number of hydrogen-bond acceptors (Lipinski definition) is 2. The van der Waals surface area contributed by atoms with Gasteiger partial charge in [-0.15, -0.1) is 0 Å². The Morgan fingerprint density at radius 1 is 1.67 bits per heavy atom. The fourth-order valence-electron chi connectivity index (χ4n) is 2.23. The van der Waals surface area contributed by atoms with Crippen LogP contribution >= 0.6 is 0 Å². The summed E-state index contributed by atoms with van der Waals surface area (Å²) >= 11 is 0. The molecule has 1 saturated carbocycles. The van der Waals surface area contributed by atoms with Crippen LogP contribution in [0.25, 0.3) is 0 Å². The molecule has 0 aromatic carbocycles. The van der Waals surface area contributed by atoms with Gasteiger partial charge in [-0.25, -0.2) is 0 Å². The van der Waals surface area contributed by atoms with Crippen LogP contribution in [0.5, 0.6) is 0 Å². The average molecular weight is 171 g/mol. The fourth-order valence-corrected chi connectivity index (χ4v) is 2.23. The van der Waals surface area contributed by atoms with Crippen LogP contribution in [-0.4, -0.2) is 17.3 Å². The molecule has 12 heavy (non-hydrogen) atoms. The lowest BCUT2D eigenvalue weighted by atomic mass is 9.72. The van der Waals surface area contributed by atoms with Gasteiger partial charge in [0.15, 0.2) is 0 Å². The Labute approximate surface area is 75.2 Å². The standard InChI is InChI=1S/C10H21NO/c1-8-4-3-5-10(12,6-8)9(2)7-11/h8-9,12H,3-7,11H2,1-2H3. The second-order valence-corrected chi connectivity index (χ2v) is 4.44. The van der Waals surface area contributed by atoms with Gasteiger partial charge in [0.1, 0.15) is 0 Å². The van der Waals surface area contributed by atoms with E-state index in [1.54, 1.807) is 0 Å². The molecule has 0 radical (unpaired) electrons. The van der Waals surface area contributed by atoms with E-state index in [2.05, 4.69) is 13.8 Å². The molecule has 3 N–H and O–H groups in total. The van der Waals surface area contributed by atoms with Gasteiger partial charge in [0.25, 0.3) is 0 Å². The van der Waals surface area contributed by atoms with Crippen LogP contribution in [0.3, 0.4) is 0 Å². The molecule has 1 fully saturated rings. The van der Waals surface area contributed by atoms with Crippen molar-refractivity contribution in [2.24, 2.45) is 17.6 Å². The number of aliphatic hydroxyl groups is 1. The van der Waals surface area contributed by atoms with E-state index in [9.17, 15) is 5.11 Å². The molecule has 0 spiro atoms. The van der Waals surface area contributed by atoms with Gasteiger partial charge < -0.3 is 10.8 Å². The van der Waals surface area contributed by atoms with Crippen molar-refractivity contribution in [1.29, 1.82) is 0 Å². The molecule has 0 aliphatic heterocycles. The van der Waals surface area contributed by atoms with Crippen LogP contribution < -0.4 is 5.73 Å². The lowest BCUT2D eigenvalue weighted by Gasteiger charge is -2.39. The molecule has 0 heterocycles. The third-order valence-electron chi connectivity index (χ3n) is 3.28. The van der Waals surface area contributed by atoms with Crippen molar-refractivity contribution < 1.29 is 5.11 Å². The summed E-state index contributed by atoms with van der Waals surface area (Å²) in [6.45, 7) is 4.87. The summed E-state index contributed by atoms with van der Waals surface area (Å²) in [5.41, 5.74) is 5.11. The molecule has 72 valence electrons. The predicted molar refractivity (Wildman–Crippen MR) is 50.8 cm³/mol. The van der Waals surface area contributed by atoms with Gasteiger partial charge in [-0.05, 0) is 31.2 Å². The maximum absolute atomic E-state index is 10.2. The lowest BCUT2D eigenvalue weighted by Crippen LogP contribution is -2.43. The van der Waals surface area contributed by atoms with Crippen LogP contribution in [0.4, 0.5) is 0 Å². The van der Waals surface area contributed by atoms with Crippen LogP contribution in [-0.2, 0) is 0 Å². The van der Waals surface area contributed by atoms with E-state index in [0.717, 1.165) is 19.3 Å². The molecule has 2 heteroatoms. The van der Waals surface area contributed by atoms with Gasteiger partial charge in [-0.2, -0.15) is 0 Å². The van der Waals surface area contributed by atoms with Gasteiger partial charge in [-0.1, -0.05) is 26.7 Å². The number of nitrogens with two attached hydrogens (primary N) is 1. The minimum absolute atomic E-state index is 0.250. The van der Waals surface area contributed by atoms with E-state index < -0.39 is 5.60 Å². The Morgan fingerprint density at radius 2 is 2.33 bits per heavy atom. The van der Waals surface area contributed by atoms with E-state index in [4.69, 9.17) is 5.73 Å². The summed E-state index contributed by atoms with van der Waals surface area (Å²) in [6.07, 6.45) is 4.29. The highest BCUT2D eigenvalue weighted by Gasteiger charge is 2.36. The summed E-state index contributed by atoms with van der Waals surface area (Å²) in [5, 5.41) is 10.2. The van der Waals surface area contributed by atoms with E-state index in [1.807, 2.05) is 0 Å². The lowest BCUT2D eigenvalue weighted by molar-refractivity contribution is -0.0540. The molecule has 1 rings (SSSR count). The quantitative estimate of drug-likeness (QED) is 0.661. The second-order valence-electron chi connectivity index (χ2n) is 4.44. The Balaban J connectivity index is 2.56. The molecule has 0 aromatic heterocycles. The van der Waals surface area contributed by atoms with Crippen molar-refractivity contribution in [3.63, 3.8) is 0 Å². The molecule has 3 unspecified atom stereocenters. The third kappa shape index (κ3) is 1.99. The summed E-state index contributed by atoms with van der Waals surface area (Å²) in [7, 11) is 0. The van der Waals surface area contributed by atoms with Crippen molar-refractivity contribution in [3.8, 4) is 0 Å². The Kier molecular flexibility index (Phi) is 3.13. The summed E-state index contributed by atoms with van der Waals surface area (Å²) in [5.74, 6) is 0.915. The van der Waals surface area contributed by atoms with Crippen LogP contribution in [0.2, 0.25) is 0 Å². The van der Waals surface area contributed by atoms with Gasteiger partial charge in [-0.3, -0.25) is 0 Å². The highest BCUT2D eigenvalue weighted by atomic mass is 16.3. The van der Waals surface area contributed by atoms with Crippen molar-refractivity contribution in [2.75, 3.05) is 6.54 Å². The molecule has 2 nitrogen and oxygen atoms in total. The van der Waals surface area contributed by atoms with Crippen molar-refractivity contribution in [2.45, 2.75) is 45.1 Å². The van der Waals surface area contributed by atoms with E-state index in [-0.39, 0.29) is 5.92 Å². The molecule has 1 aliphatic carbocycles. The van der Waals surface area contributed by atoms with Gasteiger partial charge in [0.2, 0.25) is 0 Å². The SMILES string of the molecule is CC1CCCC(O)(C(C)CN)C1. The van der Waals surface area contributed by atoms with E-state index >= 15 is 0 Å². The van der Waals surface area contributed by atoms with Crippen LogP contribution in [0.1, 0.15) is 39.5 Å². The molecular formula is C10H21NO. The number of rotatable bonds is 2. The third-order valence-corrected chi connectivity index (χ3v) is 3.28. The highest BCUT2D eigenvalue weighted by molar-refractivity contribution is 4.89. The first-order valence-corrected chi connectivity index (χ1v) is 5.01. The minimum atomic E-state index is -0.466. The average Bonchev–Trinajstić information content (AvgIpc) is 2.02. The highest BCUT2D eigenvalue weighted by Crippen LogP contribution is 2.36. The Morgan fingerprint density at radius 3 is 2.83 bits per heavy atom. The maximum atomic E-state index is 10.2. The first-order chi connectivity index (χ1) is 5.58. The van der Waals surface area contributed by atoms with Crippen molar-refractivity contribution >= 4 is 0 Å². The monoisotopic (exact) mass is 171 g/mol. The normalized spacial score (nSPS) is 39.5. The molecule has 0 aromatic rings. The van der Waals surface area contributed by atoms with Crippen molar-refractivity contribution in [3.05, 3.63) is 0 Å². The van der Waals surface area contributed by atoms with E-state index in [1.165, 1.54) is 6.42 Å². The van der Waals surface area contributed by atoms with Gasteiger partial charge in [0.05, 0.1) is 5.60 Å². The molecule has 0 amide bonds. The Bertz CT molecular complexity index is 149. The maximum Gasteiger partial charge on any atom is 0.0687 e. The fraction of sp³-hybridized carbons (Fsp3) is 1.00. The largest absolute Gasteiger partial charge is 0.390 e. The molecule has 0 saturated heterocycles. The van der Waals surface area contributed by atoms with Gasteiger partial charge >= 0.3 is 0 Å². The molecular weight excluding hydrogens is 150 g/mol. The summed E-state index contributed by atoms with van der Waals surface area (Å²) in [4.78, 5) is 0. The van der Waals surface area contributed by atoms with Crippen molar-refractivity contribution in [1.82, 2.24) is 0 Å². The second kappa shape index (κ2) is 3.75. The summed E-state index contributed by atoms with van der Waals surface area (Å²) in [6, 6.07) is 0. The summed E-state index contributed by atoms with van der Waals surface area (Å²) < 4.78 is 0. The zero-order valence-corrected chi connectivity index (χ0v) is 8.21. The predicted octanol–water partition coefficient (Wildman–Crippen LogP) is 1.52.